The molecule has 1 heterocycles. The van der Waals surface area contributed by atoms with Gasteiger partial charge in [0.2, 0.25) is 5.91 Å². The number of benzene rings is 2. The second kappa shape index (κ2) is 9.40. The molecule has 0 aromatic heterocycles. The zero-order chi connectivity index (χ0) is 18.4. The molecule has 0 saturated carbocycles. The molecule has 138 valence electrons. The maximum absolute atomic E-state index is 12.4. The predicted molar refractivity (Wildman–Crippen MR) is 108 cm³/mol. The summed E-state index contributed by atoms with van der Waals surface area (Å²) < 4.78 is 0. The predicted octanol–water partition coefficient (Wildman–Crippen LogP) is 4.31. The first-order valence-corrected chi connectivity index (χ1v) is 9.85. The Hall–Kier alpha value is -1.55. The first-order valence-electron chi connectivity index (χ1n) is 9.10. The summed E-state index contributed by atoms with van der Waals surface area (Å²) in [6, 6.07) is 16.0. The Morgan fingerprint density at radius 2 is 1.58 bits per heavy atom. The van der Waals surface area contributed by atoms with Gasteiger partial charge in [0.1, 0.15) is 0 Å². The molecule has 0 radical (unpaired) electrons. The SMILES string of the molecule is O=C(CCc1ccccc1)N1CCN(CCc2ccc(Cl)c(Cl)c2)CC1. The molecular weight excluding hydrogens is 367 g/mol. The Morgan fingerprint density at radius 1 is 0.846 bits per heavy atom. The van der Waals surface area contributed by atoms with Crippen molar-refractivity contribution < 1.29 is 4.79 Å². The second-order valence-electron chi connectivity index (χ2n) is 6.71. The molecule has 26 heavy (non-hydrogen) atoms. The zero-order valence-electron chi connectivity index (χ0n) is 14.8. The van der Waals surface area contributed by atoms with Crippen molar-refractivity contribution >= 4 is 29.1 Å². The quantitative estimate of drug-likeness (QED) is 0.733. The Morgan fingerprint density at radius 3 is 2.27 bits per heavy atom. The molecule has 0 bridgehead atoms. The summed E-state index contributed by atoms with van der Waals surface area (Å²) in [5.74, 6) is 0.262. The summed E-state index contributed by atoms with van der Waals surface area (Å²) in [5, 5.41) is 1.20. The summed E-state index contributed by atoms with van der Waals surface area (Å²) in [4.78, 5) is 16.8. The van der Waals surface area contributed by atoms with E-state index < -0.39 is 0 Å². The molecule has 1 aliphatic heterocycles. The maximum Gasteiger partial charge on any atom is 0.222 e. The van der Waals surface area contributed by atoms with Gasteiger partial charge in [0.05, 0.1) is 10.0 Å². The molecule has 2 aromatic carbocycles. The van der Waals surface area contributed by atoms with Gasteiger partial charge in [-0.3, -0.25) is 9.69 Å². The minimum absolute atomic E-state index is 0.262. The van der Waals surface area contributed by atoms with Crippen LogP contribution in [-0.4, -0.2) is 48.4 Å². The average molecular weight is 391 g/mol. The second-order valence-corrected chi connectivity index (χ2v) is 7.52. The van der Waals surface area contributed by atoms with Crippen molar-refractivity contribution in [3.8, 4) is 0 Å². The third-order valence-corrected chi connectivity index (χ3v) is 5.64. The van der Waals surface area contributed by atoms with Crippen molar-refractivity contribution in [2.75, 3.05) is 32.7 Å². The lowest BCUT2D eigenvalue weighted by Gasteiger charge is -2.34. The summed E-state index contributed by atoms with van der Waals surface area (Å²) in [5.41, 5.74) is 2.42. The molecule has 3 nitrogen and oxygen atoms in total. The normalized spacial score (nSPS) is 15.2. The maximum atomic E-state index is 12.4. The van der Waals surface area contributed by atoms with Gasteiger partial charge in [-0.25, -0.2) is 0 Å². The third-order valence-electron chi connectivity index (χ3n) is 4.90. The zero-order valence-corrected chi connectivity index (χ0v) is 16.3. The number of nitrogens with zero attached hydrogens (tertiary/aromatic N) is 2. The lowest BCUT2D eigenvalue weighted by atomic mass is 10.1. The highest BCUT2D eigenvalue weighted by Crippen LogP contribution is 2.23. The smallest absolute Gasteiger partial charge is 0.222 e. The lowest BCUT2D eigenvalue weighted by Crippen LogP contribution is -2.49. The largest absolute Gasteiger partial charge is 0.340 e. The topological polar surface area (TPSA) is 23.6 Å². The number of hydrogen-bond donors (Lipinski definition) is 0. The Balaban J connectivity index is 1.39. The van der Waals surface area contributed by atoms with Crippen LogP contribution in [0.5, 0.6) is 0 Å². The van der Waals surface area contributed by atoms with Crippen LogP contribution in [0.2, 0.25) is 10.0 Å². The summed E-state index contributed by atoms with van der Waals surface area (Å²) in [7, 11) is 0. The van der Waals surface area contributed by atoms with E-state index in [1.54, 1.807) is 0 Å². The number of amides is 1. The van der Waals surface area contributed by atoms with Gasteiger partial charge in [-0.1, -0.05) is 59.6 Å². The molecule has 1 saturated heterocycles. The molecule has 0 aliphatic carbocycles. The van der Waals surface area contributed by atoms with E-state index in [1.807, 2.05) is 41.3 Å². The first-order chi connectivity index (χ1) is 12.6. The molecule has 1 aliphatic rings. The Labute approximate surface area is 165 Å². The van der Waals surface area contributed by atoms with Crippen molar-refractivity contribution in [1.29, 1.82) is 0 Å². The van der Waals surface area contributed by atoms with Crippen LogP contribution in [0.15, 0.2) is 48.5 Å². The van der Waals surface area contributed by atoms with Gasteiger partial charge in [-0.2, -0.15) is 0 Å². The molecule has 0 N–H and O–H groups in total. The first kappa shape index (κ1) is 19.2. The van der Waals surface area contributed by atoms with Crippen LogP contribution in [0.3, 0.4) is 0 Å². The van der Waals surface area contributed by atoms with Gasteiger partial charge in [0.25, 0.3) is 0 Å². The van der Waals surface area contributed by atoms with Crippen molar-refractivity contribution in [2.45, 2.75) is 19.3 Å². The van der Waals surface area contributed by atoms with Crippen LogP contribution in [0.25, 0.3) is 0 Å². The number of carbonyl (C=O) groups is 1. The number of hydrogen-bond acceptors (Lipinski definition) is 2. The van der Waals surface area contributed by atoms with Gasteiger partial charge in [-0.15, -0.1) is 0 Å². The molecule has 2 aromatic rings. The van der Waals surface area contributed by atoms with Crippen molar-refractivity contribution in [3.63, 3.8) is 0 Å². The van der Waals surface area contributed by atoms with Gasteiger partial charge >= 0.3 is 0 Å². The van der Waals surface area contributed by atoms with E-state index in [0.29, 0.717) is 16.5 Å². The molecule has 0 atom stereocenters. The lowest BCUT2D eigenvalue weighted by molar-refractivity contribution is -0.132. The van der Waals surface area contributed by atoms with Crippen molar-refractivity contribution in [2.24, 2.45) is 0 Å². The fraction of sp³-hybridized carbons (Fsp3) is 0.381. The number of aryl methyl sites for hydroxylation is 1. The minimum Gasteiger partial charge on any atom is -0.340 e. The molecule has 0 unspecified atom stereocenters. The van der Waals surface area contributed by atoms with E-state index in [0.717, 1.165) is 45.6 Å². The van der Waals surface area contributed by atoms with Crippen molar-refractivity contribution in [1.82, 2.24) is 9.80 Å². The van der Waals surface area contributed by atoms with E-state index in [-0.39, 0.29) is 5.91 Å². The van der Waals surface area contributed by atoms with Crippen LogP contribution in [0.4, 0.5) is 0 Å². The molecule has 1 fully saturated rings. The molecule has 0 spiro atoms. The number of halogens is 2. The fourth-order valence-electron chi connectivity index (χ4n) is 3.26. The van der Waals surface area contributed by atoms with Crippen LogP contribution >= 0.6 is 23.2 Å². The average Bonchev–Trinajstić information content (AvgIpc) is 2.68. The monoisotopic (exact) mass is 390 g/mol. The molecule has 1 amide bonds. The van der Waals surface area contributed by atoms with E-state index >= 15 is 0 Å². The van der Waals surface area contributed by atoms with E-state index in [9.17, 15) is 4.79 Å². The molecular formula is C21H24Cl2N2O. The fourth-order valence-corrected chi connectivity index (χ4v) is 3.58. The van der Waals surface area contributed by atoms with Gasteiger partial charge in [0.15, 0.2) is 0 Å². The standard InChI is InChI=1S/C21H24Cl2N2O/c22-19-8-6-18(16-20(19)23)10-11-24-12-14-25(15-13-24)21(26)9-7-17-4-2-1-3-5-17/h1-6,8,16H,7,9-15H2. The van der Waals surface area contributed by atoms with E-state index in [4.69, 9.17) is 23.2 Å². The van der Waals surface area contributed by atoms with E-state index in [2.05, 4.69) is 17.0 Å². The Kier molecular flexibility index (Phi) is 6.95. The number of carbonyl (C=O) groups excluding carboxylic acids is 1. The molecule has 3 rings (SSSR count). The van der Waals surface area contributed by atoms with Crippen LogP contribution in [0.1, 0.15) is 17.5 Å². The van der Waals surface area contributed by atoms with Gasteiger partial charge in [-0.05, 0) is 36.1 Å². The summed E-state index contributed by atoms with van der Waals surface area (Å²) >= 11 is 12.0. The number of piperazine rings is 1. The Bertz CT molecular complexity index is 728. The number of rotatable bonds is 6. The highest BCUT2D eigenvalue weighted by Gasteiger charge is 2.20. The van der Waals surface area contributed by atoms with Crippen LogP contribution in [0, 0.1) is 0 Å². The minimum atomic E-state index is 0.262. The summed E-state index contributed by atoms with van der Waals surface area (Å²) in [6.07, 6.45) is 2.35. The van der Waals surface area contributed by atoms with E-state index in [1.165, 1.54) is 11.1 Å². The molecule has 5 heteroatoms. The van der Waals surface area contributed by atoms with Gasteiger partial charge < -0.3 is 4.90 Å². The van der Waals surface area contributed by atoms with Crippen LogP contribution < -0.4 is 0 Å². The highest BCUT2D eigenvalue weighted by molar-refractivity contribution is 6.42. The van der Waals surface area contributed by atoms with Crippen molar-refractivity contribution in [3.05, 3.63) is 69.7 Å². The summed E-state index contributed by atoms with van der Waals surface area (Å²) in [6.45, 7) is 4.46. The highest BCUT2D eigenvalue weighted by atomic mass is 35.5. The third kappa shape index (κ3) is 5.47. The van der Waals surface area contributed by atoms with Crippen LogP contribution in [-0.2, 0) is 17.6 Å². The van der Waals surface area contributed by atoms with Gasteiger partial charge in [0, 0.05) is 39.1 Å².